The zero-order valence-electron chi connectivity index (χ0n) is 11.7. The molecule has 20 heavy (non-hydrogen) atoms. The third-order valence-corrected chi connectivity index (χ3v) is 4.66. The number of rotatable bonds is 4. The van der Waals surface area contributed by atoms with E-state index in [9.17, 15) is 5.11 Å². The SMILES string of the molecule is Cn1c(CNC2(CO)CCCC2)nc2cc(Cl)ccc21. The molecule has 2 aromatic rings. The van der Waals surface area contributed by atoms with E-state index in [0.717, 1.165) is 29.7 Å². The maximum Gasteiger partial charge on any atom is 0.123 e. The molecule has 1 aromatic heterocycles. The lowest BCUT2D eigenvalue weighted by Crippen LogP contribution is -2.45. The number of benzene rings is 1. The Bertz CT molecular complexity index is 617. The molecule has 1 aliphatic carbocycles. The van der Waals surface area contributed by atoms with Crippen LogP contribution >= 0.6 is 11.6 Å². The topological polar surface area (TPSA) is 50.1 Å². The molecule has 1 saturated carbocycles. The van der Waals surface area contributed by atoms with Crippen LogP contribution in [0.15, 0.2) is 18.2 Å². The number of hydrogen-bond donors (Lipinski definition) is 2. The molecule has 0 saturated heterocycles. The molecule has 108 valence electrons. The van der Waals surface area contributed by atoms with Crippen LogP contribution in [0.5, 0.6) is 0 Å². The van der Waals surface area contributed by atoms with Crippen molar-refractivity contribution in [2.75, 3.05) is 6.61 Å². The molecule has 5 heteroatoms. The standard InChI is InChI=1S/C15H20ClN3O/c1-19-13-5-4-11(16)8-12(13)18-14(19)9-17-15(10-20)6-2-3-7-15/h4-5,8,17,20H,2-3,6-7,9-10H2,1H3. The monoisotopic (exact) mass is 293 g/mol. The molecule has 0 aliphatic heterocycles. The van der Waals surface area contributed by atoms with Gasteiger partial charge in [0.15, 0.2) is 0 Å². The molecule has 0 radical (unpaired) electrons. The van der Waals surface area contributed by atoms with Crippen molar-refractivity contribution in [1.29, 1.82) is 0 Å². The van der Waals surface area contributed by atoms with Gasteiger partial charge in [0.05, 0.1) is 24.2 Å². The molecule has 2 N–H and O–H groups in total. The molecule has 0 amide bonds. The van der Waals surface area contributed by atoms with Gasteiger partial charge in [-0.15, -0.1) is 0 Å². The first kappa shape index (κ1) is 13.9. The van der Waals surface area contributed by atoms with Crippen LogP contribution in [-0.4, -0.2) is 26.8 Å². The second-order valence-electron chi connectivity index (χ2n) is 5.72. The predicted molar refractivity (Wildman–Crippen MR) is 80.8 cm³/mol. The second kappa shape index (κ2) is 5.35. The average molecular weight is 294 g/mol. The molecule has 4 nitrogen and oxygen atoms in total. The fraction of sp³-hybridized carbons (Fsp3) is 0.533. The van der Waals surface area contributed by atoms with Crippen LogP contribution in [0.2, 0.25) is 5.02 Å². The molecule has 3 rings (SSSR count). The summed E-state index contributed by atoms with van der Waals surface area (Å²) in [4.78, 5) is 4.63. The number of aliphatic hydroxyl groups is 1. The number of nitrogens with one attached hydrogen (secondary N) is 1. The summed E-state index contributed by atoms with van der Waals surface area (Å²) < 4.78 is 2.08. The predicted octanol–water partition coefficient (Wildman–Crippen LogP) is 2.62. The summed E-state index contributed by atoms with van der Waals surface area (Å²) in [5.74, 6) is 0.974. The first-order chi connectivity index (χ1) is 9.63. The van der Waals surface area contributed by atoms with Gasteiger partial charge in [-0.1, -0.05) is 24.4 Å². The van der Waals surface area contributed by atoms with Crippen LogP contribution in [0.4, 0.5) is 0 Å². The highest BCUT2D eigenvalue weighted by Gasteiger charge is 2.32. The zero-order valence-corrected chi connectivity index (χ0v) is 12.5. The van der Waals surface area contributed by atoms with E-state index in [4.69, 9.17) is 11.6 Å². The molecule has 0 bridgehead atoms. The highest BCUT2D eigenvalue weighted by Crippen LogP contribution is 2.29. The quantitative estimate of drug-likeness (QED) is 0.911. The minimum absolute atomic E-state index is 0.115. The number of aromatic nitrogens is 2. The van der Waals surface area contributed by atoms with Crippen LogP contribution in [0, 0.1) is 0 Å². The van der Waals surface area contributed by atoms with Crippen LogP contribution in [-0.2, 0) is 13.6 Å². The van der Waals surface area contributed by atoms with Crippen LogP contribution < -0.4 is 5.32 Å². The van der Waals surface area contributed by atoms with Gasteiger partial charge >= 0.3 is 0 Å². The summed E-state index contributed by atoms with van der Waals surface area (Å²) in [7, 11) is 2.01. The number of halogens is 1. The Hall–Kier alpha value is -1.10. The van der Waals surface area contributed by atoms with Gasteiger partial charge in [-0.05, 0) is 31.0 Å². The largest absolute Gasteiger partial charge is 0.394 e. The molecule has 1 aliphatic rings. The summed E-state index contributed by atoms with van der Waals surface area (Å²) in [5, 5.41) is 13.9. The Labute approximate surface area is 123 Å². The smallest absolute Gasteiger partial charge is 0.123 e. The van der Waals surface area contributed by atoms with E-state index < -0.39 is 0 Å². The van der Waals surface area contributed by atoms with Crippen molar-refractivity contribution in [3.05, 3.63) is 29.0 Å². The van der Waals surface area contributed by atoms with E-state index in [2.05, 4.69) is 14.9 Å². The van der Waals surface area contributed by atoms with Crippen molar-refractivity contribution in [1.82, 2.24) is 14.9 Å². The number of imidazole rings is 1. The Morgan fingerprint density at radius 1 is 1.40 bits per heavy atom. The second-order valence-corrected chi connectivity index (χ2v) is 6.16. The van der Waals surface area contributed by atoms with E-state index in [1.165, 1.54) is 12.8 Å². The van der Waals surface area contributed by atoms with E-state index in [1.807, 2.05) is 25.2 Å². The van der Waals surface area contributed by atoms with Crippen LogP contribution in [0.1, 0.15) is 31.5 Å². The highest BCUT2D eigenvalue weighted by atomic mass is 35.5. The lowest BCUT2D eigenvalue weighted by atomic mass is 9.99. The molecular weight excluding hydrogens is 274 g/mol. The summed E-state index contributed by atoms with van der Waals surface area (Å²) >= 11 is 6.01. The number of fused-ring (bicyclic) bond motifs is 1. The first-order valence-electron chi connectivity index (χ1n) is 7.10. The highest BCUT2D eigenvalue weighted by molar-refractivity contribution is 6.31. The number of aryl methyl sites for hydroxylation is 1. The lowest BCUT2D eigenvalue weighted by molar-refractivity contribution is 0.162. The van der Waals surface area contributed by atoms with Crippen molar-refractivity contribution < 1.29 is 5.11 Å². The molecule has 0 unspecified atom stereocenters. The van der Waals surface area contributed by atoms with Crippen LogP contribution in [0.25, 0.3) is 11.0 Å². The van der Waals surface area contributed by atoms with E-state index in [-0.39, 0.29) is 12.1 Å². The maximum absolute atomic E-state index is 9.63. The first-order valence-corrected chi connectivity index (χ1v) is 7.48. The fourth-order valence-electron chi connectivity index (χ4n) is 3.09. The van der Waals surface area contributed by atoms with E-state index in [0.29, 0.717) is 11.6 Å². The summed E-state index contributed by atoms with van der Waals surface area (Å²) in [5.41, 5.74) is 1.88. The van der Waals surface area contributed by atoms with Crippen molar-refractivity contribution >= 4 is 22.6 Å². The number of aliphatic hydroxyl groups excluding tert-OH is 1. The Morgan fingerprint density at radius 3 is 2.85 bits per heavy atom. The number of hydrogen-bond acceptors (Lipinski definition) is 3. The van der Waals surface area contributed by atoms with Gasteiger partial charge in [0.25, 0.3) is 0 Å². The summed E-state index contributed by atoms with van der Waals surface area (Å²) in [6.45, 7) is 0.867. The van der Waals surface area contributed by atoms with Crippen molar-refractivity contribution in [3.8, 4) is 0 Å². The third-order valence-electron chi connectivity index (χ3n) is 4.42. The van der Waals surface area contributed by atoms with Crippen molar-refractivity contribution in [2.45, 2.75) is 37.8 Å². The summed E-state index contributed by atoms with van der Waals surface area (Å²) in [6, 6.07) is 5.76. The van der Waals surface area contributed by atoms with E-state index >= 15 is 0 Å². The average Bonchev–Trinajstić information content (AvgIpc) is 3.03. The zero-order chi connectivity index (χ0) is 14.2. The van der Waals surface area contributed by atoms with Crippen molar-refractivity contribution in [3.63, 3.8) is 0 Å². The molecule has 1 heterocycles. The van der Waals surface area contributed by atoms with Gasteiger partial charge in [-0.25, -0.2) is 4.98 Å². The molecule has 1 fully saturated rings. The van der Waals surface area contributed by atoms with Gasteiger partial charge in [-0.2, -0.15) is 0 Å². The van der Waals surface area contributed by atoms with Crippen LogP contribution in [0.3, 0.4) is 0 Å². The van der Waals surface area contributed by atoms with Gasteiger partial charge < -0.3 is 15.0 Å². The maximum atomic E-state index is 9.63. The molecule has 0 spiro atoms. The normalized spacial score (nSPS) is 17.9. The third kappa shape index (κ3) is 2.43. The lowest BCUT2D eigenvalue weighted by Gasteiger charge is -2.27. The van der Waals surface area contributed by atoms with Gasteiger partial charge in [-0.3, -0.25) is 0 Å². The Kier molecular flexibility index (Phi) is 3.71. The summed E-state index contributed by atoms with van der Waals surface area (Å²) in [6.07, 6.45) is 4.45. The van der Waals surface area contributed by atoms with Gasteiger partial charge in [0.1, 0.15) is 5.82 Å². The van der Waals surface area contributed by atoms with Gasteiger partial charge in [0.2, 0.25) is 0 Å². The van der Waals surface area contributed by atoms with Crippen molar-refractivity contribution in [2.24, 2.45) is 7.05 Å². The molecule has 0 atom stereocenters. The minimum Gasteiger partial charge on any atom is -0.394 e. The number of nitrogens with zero attached hydrogens (tertiary/aromatic N) is 2. The minimum atomic E-state index is -0.115. The fourth-order valence-corrected chi connectivity index (χ4v) is 3.26. The Morgan fingerprint density at radius 2 is 2.15 bits per heavy atom. The van der Waals surface area contributed by atoms with Gasteiger partial charge in [0, 0.05) is 17.6 Å². The Balaban J connectivity index is 1.82. The van der Waals surface area contributed by atoms with E-state index in [1.54, 1.807) is 0 Å². The molecular formula is C15H20ClN3O. The molecule has 1 aromatic carbocycles.